The first-order chi connectivity index (χ1) is 9.75. The normalized spacial score (nSPS) is 11.2. The first-order valence-corrected chi connectivity index (χ1v) is 7.53. The maximum absolute atomic E-state index is 12.2. The molecular weight excluding hydrogens is 328 g/mol. The zero-order valence-corrected chi connectivity index (χ0v) is 14.0. The van der Waals surface area contributed by atoms with E-state index in [0.717, 1.165) is 15.7 Å². The summed E-state index contributed by atoms with van der Waals surface area (Å²) < 4.78 is 0.947. The molecule has 0 fully saturated rings. The summed E-state index contributed by atoms with van der Waals surface area (Å²) in [4.78, 5) is 12.2. The SMILES string of the molecule is CC(C)(C)c1cc(Br)cc(NC(=O)c2ccc(N)cc2)c1. The van der Waals surface area contributed by atoms with Gasteiger partial charge in [0.15, 0.2) is 0 Å². The molecule has 2 aromatic carbocycles. The highest BCUT2D eigenvalue weighted by molar-refractivity contribution is 9.10. The molecule has 3 N–H and O–H groups in total. The summed E-state index contributed by atoms with van der Waals surface area (Å²) in [5.41, 5.74) is 8.81. The Morgan fingerprint density at radius 3 is 2.29 bits per heavy atom. The van der Waals surface area contributed by atoms with E-state index in [1.165, 1.54) is 0 Å². The lowest BCUT2D eigenvalue weighted by Gasteiger charge is -2.20. The highest BCUT2D eigenvalue weighted by Crippen LogP contribution is 2.29. The standard InChI is InChI=1S/C17H19BrN2O/c1-17(2,3)12-8-13(18)10-15(9-12)20-16(21)11-4-6-14(19)7-5-11/h4-10H,19H2,1-3H3,(H,20,21). The van der Waals surface area contributed by atoms with Gasteiger partial charge in [0.25, 0.3) is 5.91 Å². The van der Waals surface area contributed by atoms with E-state index in [1.807, 2.05) is 12.1 Å². The molecule has 0 saturated heterocycles. The number of benzene rings is 2. The van der Waals surface area contributed by atoms with Crippen molar-refractivity contribution in [2.24, 2.45) is 0 Å². The number of carbonyl (C=O) groups excluding carboxylic acids is 1. The largest absolute Gasteiger partial charge is 0.399 e. The Morgan fingerprint density at radius 2 is 1.71 bits per heavy atom. The monoisotopic (exact) mass is 346 g/mol. The van der Waals surface area contributed by atoms with Gasteiger partial charge in [-0.2, -0.15) is 0 Å². The lowest BCUT2D eigenvalue weighted by Crippen LogP contribution is -2.15. The Morgan fingerprint density at radius 1 is 1.10 bits per heavy atom. The summed E-state index contributed by atoms with van der Waals surface area (Å²) in [5.74, 6) is -0.145. The van der Waals surface area contributed by atoms with Crippen LogP contribution in [-0.2, 0) is 5.41 Å². The van der Waals surface area contributed by atoms with Crippen LogP contribution in [0.2, 0.25) is 0 Å². The van der Waals surface area contributed by atoms with Crippen LogP contribution in [0.1, 0.15) is 36.7 Å². The van der Waals surface area contributed by atoms with Crippen LogP contribution in [0.15, 0.2) is 46.9 Å². The number of nitrogen functional groups attached to an aromatic ring is 1. The molecule has 0 bridgehead atoms. The third-order valence-electron chi connectivity index (χ3n) is 3.19. The first kappa shape index (κ1) is 15.6. The van der Waals surface area contributed by atoms with Crippen LogP contribution < -0.4 is 11.1 Å². The smallest absolute Gasteiger partial charge is 0.255 e. The lowest BCUT2D eigenvalue weighted by molar-refractivity contribution is 0.102. The Labute approximate surface area is 133 Å². The van der Waals surface area contributed by atoms with Gasteiger partial charge in [0.05, 0.1) is 0 Å². The van der Waals surface area contributed by atoms with Crippen molar-refractivity contribution >= 4 is 33.2 Å². The molecule has 0 aliphatic carbocycles. The molecule has 0 spiro atoms. The van der Waals surface area contributed by atoms with E-state index in [9.17, 15) is 4.79 Å². The van der Waals surface area contributed by atoms with Crippen molar-refractivity contribution in [3.05, 3.63) is 58.1 Å². The van der Waals surface area contributed by atoms with E-state index >= 15 is 0 Å². The zero-order chi connectivity index (χ0) is 15.6. The highest BCUT2D eigenvalue weighted by atomic mass is 79.9. The number of anilines is 2. The molecule has 2 rings (SSSR count). The molecule has 0 atom stereocenters. The number of rotatable bonds is 2. The van der Waals surface area contributed by atoms with Gasteiger partial charge in [-0.05, 0) is 53.4 Å². The van der Waals surface area contributed by atoms with Crippen LogP contribution in [-0.4, -0.2) is 5.91 Å². The van der Waals surface area contributed by atoms with Crippen LogP contribution in [0.25, 0.3) is 0 Å². The number of hydrogen-bond acceptors (Lipinski definition) is 2. The van der Waals surface area contributed by atoms with Gasteiger partial charge >= 0.3 is 0 Å². The third kappa shape index (κ3) is 4.08. The summed E-state index contributed by atoms with van der Waals surface area (Å²) >= 11 is 3.49. The molecule has 0 aliphatic heterocycles. The van der Waals surface area contributed by atoms with Gasteiger partial charge in [-0.15, -0.1) is 0 Å². The maximum Gasteiger partial charge on any atom is 0.255 e. The van der Waals surface area contributed by atoms with Crippen LogP contribution >= 0.6 is 15.9 Å². The molecule has 0 aromatic heterocycles. The fourth-order valence-corrected chi connectivity index (χ4v) is 2.43. The van der Waals surface area contributed by atoms with Gasteiger partial charge in [0.2, 0.25) is 0 Å². The Bertz CT molecular complexity index is 657. The summed E-state index contributed by atoms with van der Waals surface area (Å²) in [6.07, 6.45) is 0. The fourth-order valence-electron chi connectivity index (χ4n) is 1.93. The molecule has 0 aliphatic rings. The van der Waals surface area contributed by atoms with Crippen LogP contribution in [0.4, 0.5) is 11.4 Å². The van der Waals surface area contributed by atoms with Crippen molar-refractivity contribution in [1.82, 2.24) is 0 Å². The van der Waals surface area contributed by atoms with Crippen LogP contribution in [0, 0.1) is 0 Å². The molecule has 3 nitrogen and oxygen atoms in total. The van der Waals surface area contributed by atoms with E-state index in [0.29, 0.717) is 11.3 Å². The maximum atomic E-state index is 12.2. The second kappa shape index (κ2) is 5.90. The Kier molecular flexibility index (Phi) is 4.37. The number of carbonyl (C=O) groups is 1. The van der Waals surface area contributed by atoms with Crippen molar-refractivity contribution in [3.63, 3.8) is 0 Å². The van der Waals surface area contributed by atoms with Crippen molar-refractivity contribution in [1.29, 1.82) is 0 Å². The minimum Gasteiger partial charge on any atom is -0.399 e. The summed E-state index contributed by atoms with van der Waals surface area (Å²) in [5, 5.41) is 2.92. The molecular formula is C17H19BrN2O. The topological polar surface area (TPSA) is 55.1 Å². The van der Waals surface area contributed by atoms with Crippen molar-refractivity contribution in [2.45, 2.75) is 26.2 Å². The van der Waals surface area contributed by atoms with E-state index in [2.05, 4.69) is 48.1 Å². The Hall–Kier alpha value is -1.81. The van der Waals surface area contributed by atoms with Gasteiger partial charge < -0.3 is 11.1 Å². The molecule has 2 aromatic rings. The van der Waals surface area contributed by atoms with Crippen molar-refractivity contribution in [3.8, 4) is 0 Å². The number of nitrogens with one attached hydrogen (secondary N) is 1. The molecule has 4 heteroatoms. The van der Waals surface area contributed by atoms with Crippen molar-refractivity contribution in [2.75, 3.05) is 11.1 Å². The molecule has 0 heterocycles. The molecule has 0 radical (unpaired) electrons. The minimum atomic E-state index is -0.145. The van der Waals surface area contributed by atoms with E-state index in [-0.39, 0.29) is 11.3 Å². The zero-order valence-electron chi connectivity index (χ0n) is 12.4. The number of hydrogen-bond donors (Lipinski definition) is 2. The summed E-state index contributed by atoms with van der Waals surface area (Å²) in [7, 11) is 0. The highest BCUT2D eigenvalue weighted by Gasteiger charge is 2.16. The number of amides is 1. The minimum absolute atomic E-state index is 0.0183. The van der Waals surface area contributed by atoms with Crippen LogP contribution in [0.5, 0.6) is 0 Å². The molecule has 0 unspecified atom stereocenters. The molecule has 0 saturated carbocycles. The molecule has 1 amide bonds. The van der Waals surface area contributed by atoms with Gasteiger partial charge in [-0.3, -0.25) is 4.79 Å². The average molecular weight is 347 g/mol. The second-order valence-corrected chi connectivity index (χ2v) is 6.97. The van der Waals surface area contributed by atoms with Gasteiger partial charge in [0.1, 0.15) is 0 Å². The van der Waals surface area contributed by atoms with Gasteiger partial charge in [0, 0.05) is 21.4 Å². The van der Waals surface area contributed by atoms with Gasteiger partial charge in [-0.1, -0.05) is 36.7 Å². The van der Waals surface area contributed by atoms with Gasteiger partial charge in [-0.25, -0.2) is 0 Å². The predicted molar refractivity (Wildman–Crippen MR) is 91.6 cm³/mol. The quantitative estimate of drug-likeness (QED) is 0.781. The second-order valence-electron chi connectivity index (χ2n) is 6.05. The van der Waals surface area contributed by atoms with Crippen LogP contribution in [0.3, 0.4) is 0 Å². The first-order valence-electron chi connectivity index (χ1n) is 6.74. The van der Waals surface area contributed by atoms with E-state index in [1.54, 1.807) is 24.3 Å². The number of halogens is 1. The summed E-state index contributed by atoms with van der Waals surface area (Å²) in [6.45, 7) is 6.42. The lowest BCUT2D eigenvalue weighted by atomic mass is 9.87. The Balaban J connectivity index is 2.25. The predicted octanol–water partition coefficient (Wildman–Crippen LogP) is 4.58. The molecule has 110 valence electrons. The molecule has 21 heavy (non-hydrogen) atoms. The third-order valence-corrected chi connectivity index (χ3v) is 3.65. The average Bonchev–Trinajstić information content (AvgIpc) is 2.37. The fraction of sp³-hybridized carbons (Fsp3) is 0.235. The van der Waals surface area contributed by atoms with E-state index < -0.39 is 0 Å². The van der Waals surface area contributed by atoms with E-state index in [4.69, 9.17) is 5.73 Å². The van der Waals surface area contributed by atoms with Crippen molar-refractivity contribution < 1.29 is 4.79 Å². The number of nitrogens with two attached hydrogens (primary N) is 1. The summed E-state index contributed by atoms with van der Waals surface area (Å²) in [6, 6.07) is 12.8.